The SMILES string of the molecule is Cc1ccc(NC(=O)NC(C)(C)CC(N)=O)c(C(=O)O)c1. The Kier molecular flexibility index (Phi) is 4.91. The van der Waals surface area contributed by atoms with E-state index in [0.29, 0.717) is 0 Å². The van der Waals surface area contributed by atoms with Crippen molar-refractivity contribution in [3.8, 4) is 0 Å². The van der Waals surface area contributed by atoms with Gasteiger partial charge in [-0.2, -0.15) is 0 Å². The Morgan fingerprint density at radius 2 is 1.90 bits per heavy atom. The molecule has 0 atom stereocenters. The molecule has 7 heteroatoms. The van der Waals surface area contributed by atoms with E-state index in [1.807, 2.05) is 0 Å². The second-order valence-electron chi connectivity index (χ2n) is 5.46. The monoisotopic (exact) mass is 293 g/mol. The molecule has 3 amide bonds. The molecule has 0 saturated heterocycles. The van der Waals surface area contributed by atoms with Crippen molar-refractivity contribution in [2.75, 3.05) is 5.32 Å². The number of nitrogens with one attached hydrogen (secondary N) is 2. The van der Waals surface area contributed by atoms with Gasteiger partial charge in [0.2, 0.25) is 5.91 Å². The number of carboxylic acid groups (broad SMARTS) is 1. The van der Waals surface area contributed by atoms with Crippen molar-refractivity contribution in [2.24, 2.45) is 5.73 Å². The maximum Gasteiger partial charge on any atom is 0.337 e. The highest BCUT2D eigenvalue weighted by Crippen LogP contribution is 2.18. The van der Waals surface area contributed by atoms with Crippen LogP contribution in [0, 0.1) is 6.92 Å². The fourth-order valence-electron chi connectivity index (χ4n) is 1.88. The van der Waals surface area contributed by atoms with Crippen LogP contribution in [0.1, 0.15) is 36.2 Å². The number of amides is 3. The first-order valence-electron chi connectivity index (χ1n) is 6.32. The highest BCUT2D eigenvalue weighted by molar-refractivity contribution is 6.00. The van der Waals surface area contributed by atoms with Gasteiger partial charge in [-0.05, 0) is 32.9 Å². The lowest BCUT2D eigenvalue weighted by Gasteiger charge is -2.25. The summed E-state index contributed by atoms with van der Waals surface area (Å²) in [4.78, 5) is 34.0. The summed E-state index contributed by atoms with van der Waals surface area (Å²) in [5.41, 5.74) is 5.22. The number of urea groups is 1. The lowest BCUT2D eigenvalue weighted by molar-refractivity contribution is -0.119. The van der Waals surface area contributed by atoms with E-state index < -0.39 is 23.4 Å². The Bertz CT molecular complexity index is 582. The van der Waals surface area contributed by atoms with Crippen LogP contribution in [0.4, 0.5) is 10.5 Å². The fourth-order valence-corrected chi connectivity index (χ4v) is 1.88. The summed E-state index contributed by atoms with van der Waals surface area (Å²) in [6, 6.07) is 4.07. The lowest BCUT2D eigenvalue weighted by Crippen LogP contribution is -2.47. The first-order valence-corrected chi connectivity index (χ1v) is 6.32. The van der Waals surface area contributed by atoms with Gasteiger partial charge in [0.1, 0.15) is 0 Å². The van der Waals surface area contributed by atoms with Crippen LogP contribution < -0.4 is 16.4 Å². The largest absolute Gasteiger partial charge is 0.478 e. The first-order chi connectivity index (χ1) is 9.60. The van der Waals surface area contributed by atoms with Crippen LogP contribution in [0.5, 0.6) is 0 Å². The summed E-state index contributed by atoms with van der Waals surface area (Å²) in [5, 5.41) is 14.2. The number of carbonyl (C=O) groups excluding carboxylic acids is 2. The summed E-state index contributed by atoms with van der Waals surface area (Å²) >= 11 is 0. The third-order valence-corrected chi connectivity index (χ3v) is 2.72. The average molecular weight is 293 g/mol. The molecule has 0 heterocycles. The molecule has 0 aliphatic heterocycles. The van der Waals surface area contributed by atoms with Crippen molar-refractivity contribution in [3.63, 3.8) is 0 Å². The third kappa shape index (κ3) is 5.13. The van der Waals surface area contributed by atoms with Crippen LogP contribution in [0.3, 0.4) is 0 Å². The molecule has 0 aliphatic carbocycles. The molecule has 0 unspecified atom stereocenters. The third-order valence-electron chi connectivity index (χ3n) is 2.72. The smallest absolute Gasteiger partial charge is 0.337 e. The standard InChI is InChI=1S/C14H19N3O4/c1-8-4-5-10(9(6-8)12(19)20)16-13(21)17-14(2,3)7-11(15)18/h4-6H,7H2,1-3H3,(H2,15,18)(H,19,20)(H2,16,17,21). The highest BCUT2D eigenvalue weighted by Gasteiger charge is 2.23. The number of benzene rings is 1. The molecule has 7 nitrogen and oxygen atoms in total. The first kappa shape index (κ1) is 16.5. The number of rotatable bonds is 5. The van der Waals surface area contributed by atoms with E-state index in [1.165, 1.54) is 12.1 Å². The number of aryl methyl sites for hydroxylation is 1. The van der Waals surface area contributed by atoms with Crippen LogP contribution >= 0.6 is 0 Å². The molecule has 1 rings (SSSR count). The van der Waals surface area contributed by atoms with Crippen molar-refractivity contribution in [3.05, 3.63) is 29.3 Å². The molecule has 0 radical (unpaired) electrons. The summed E-state index contributed by atoms with van der Waals surface area (Å²) in [6.45, 7) is 5.04. The van der Waals surface area contributed by atoms with E-state index in [2.05, 4.69) is 10.6 Å². The normalized spacial score (nSPS) is 10.8. The van der Waals surface area contributed by atoms with Crippen LogP contribution in [0.25, 0.3) is 0 Å². The van der Waals surface area contributed by atoms with Crippen LogP contribution in [-0.2, 0) is 4.79 Å². The Morgan fingerprint density at radius 1 is 1.29 bits per heavy atom. The number of hydrogen-bond donors (Lipinski definition) is 4. The molecular formula is C14H19N3O4. The minimum atomic E-state index is -1.13. The molecule has 0 fully saturated rings. The zero-order valence-electron chi connectivity index (χ0n) is 12.2. The maximum atomic E-state index is 11.9. The number of carboxylic acids is 1. The molecule has 0 aromatic heterocycles. The fraction of sp³-hybridized carbons (Fsp3) is 0.357. The van der Waals surface area contributed by atoms with Crippen molar-refractivity contribution >= 4 is 23.6 Å². The van der Waals surface area contributed by atoms with E-state index in [9.17, 15) is 14.4 Å². The van der Waals surface area contributed by atoms with Crippen molar-refractivity contribution < 1.29 is 19.5 Å². The summed E-state index contributed by atoms with van der Waals surface area (Å²) in [6.07, 6.45) is -0.0277. The zero-order chi connectivity index (χ0) is 16.2. The van der Waals surface area contributed by atoms with Crippen LogP contribution in [0.2, 0.25) is 0 Å². The molecule has 21 heavy (non-hydrogen) atoms. The lowest BCUT2D eigenvalue weighted by atomic mass is 10.0. The number of primary amides is 1. The van der Waals surface area contributed by atoms with Gasteiger partial charge in [0.15, 0.2) is 0 Å². The molecule has 0 saturated carbocycles. The number of aromatic carboxylic acids is 1. The van der Waals surface area contributed by atoms with E-state index >= 15 is 0 Å². The molecule has 1 aromatic rings. The van der Waals surface area contributed by atoms with E-state index in [-0.39, 0.29) is 17.7 Å². The average Bonchev–Trinajstić information content (AvgIpc) is 2.28. The summed E-state index contributed by atoms with van der Waals surface area (Å²) in [5.74, 6) is -1.67. The Morgan fingerprint density at radius 3 is 2.43 bits per heavy atom. The molecule has 0 bridgehead atoms. The van der Waals surface area contributed by atoms with Gasteiger partial charge in [0, 0.05) is 12.0 Å². The highest BCUT2D eigenvalue weighted by atomic mass is 16.4. The molecule has 0 aliphatic rings. The van der Waals surface area contributed by atoms with E-state index in [4.69, 9.17) is 10.8 Å². The van der Waals surface area contributed by atoms with Gasteiger partial charge < -0.3 is 21.5 Å². The minimum Gasteiger partial charge on any atom is -0.478 e. The summed E-state index contributed by atoms with van der Waals surface area (Å²) < 4.78 is 0. The summed E-state index contributed by atoms with van der Waals surface area (Å²) in [7, 11) is 0. The molecule has 0 spiro atoms. The van der Waals surface area contributed by atoms with Gasteiger partial charge in [0.25, 0.3) is 0 Å². The number of carbonyl (C=O) groups is 3. The van der Waals surface area contributed by atoms with Gasteiger partial charge in [0.05, 0.1) is 11.3 Å². The number of hydrogen-bond acceptors (Lipinski definition) is 3. The van der Waals surface area contributed by atoms with Gasteiger partial charge in [-0.25, -0.2) is 9.59 Å². The van der Waals surface area contributed by atoms with E-state index in [1.54, 1.807) is 26.8 Å². The van der Waals surface area contributed by atoms with Gasteiger partial charge in [-0.1, -0.05) is 11.6 Å². The van der Waals surface area contributed by atoms with E-state index in [0.717, 1.165) is 5.56 Å². The molecule has 1 aromatic carbocycles. The quantitative estimate of drug-likeness (QED) is 0.656. The second kappa shape index (κ2) is 6.25. The molecule has 114 valence electrons. The van der Waals surface area contributed by atoms with Gasteiger partial charge in [-0.3, -0.25) is 4.79 Å². The number of nitrogens with two attached hydrogens (primary N) is 1. The topological polar surface area (TPSA) is 122 Å². The van der Waals surface area contributed by atoms with Gasteiger partial charge >= 0.3 is 12.0 Å². The Balaban J connectivity index is 2.84. The molecule has 5 N–H and O–H groups in total. The van der Waals surface area contributed by atoms with Crippen LogP contribution in [-0.4, -0.2) is 28.6 Å². The molecular weight excluding hydrogens is 274 g/mol. The second-order valence-corrected chi connectivity index (χ2v) is 5.46. The maximum absolute atomic E-state index is 11.9. The van der Waals surface area contributed by atoms with Crippen LogP contribution in [0.15, 0.2) is 18.2 Å². The predicted molar refractivity (Wildman–Crippen MR) is 78.2 cm³/mol. The predicted octanol–water partition coefficient (Wildman–Crippen LogP) is 1.47. The minimum absolute atomic E-state index is 0.00198. The Labute approximate surface area is 122 Å². The van der Waals surface area contributed by atoms with Gasteiger partial charge in [-0.15, -0.1) is 0 Å². The Hall–Kier alpha value is -2.57. The van der Waals surface area contributed by atoms with Crippen molar-refractivity contribution in [1.29, 1.82) is 0 Å². The van der Waals surface area contributed by atoms with Crippen molar-refractivity contribution in [1.82, 2.24) is 5.32 Å². The number of anilines is 1. The zero-order valence-corrected chi connectivity index (χ0v) is 12.2. The van der Waals surface area contributed by atoms with Crippen molar-refractivity contribution in [2.45, 2.75) is 32.7 Å².